The molecule has 2 fully saturated rings. The summed E-state index contributed by atoms with van der Waals surface area (Å²) in [5.41, 5.74) is 0.712. The van der Waals surface area contributed by atoms with Crippen LogP contribution < -0.4 is 0 Å². The normalized spacial score (nSPS) is 46.2. The maximum Gasteiger partial charge on any atom is 0.0684 e. The number of aliphatic hydroxyl groups is 1. The molecule has 2 aliphatic carbocycles. The minimum absolute atomic E-state index is 0.0427. The lowest BCUT2D eigenvalue weighted by Gasteiger charge is -2.61. The second kappa shape index (κ2) is 6.13. The Bertz CT molecular complexity index is 451. The third-order valence-electron chi connectivity index (χ3n) is 6.87. The van der Waals surface area contributed by atoms with E-state index in [-0.39, 0.29) is 16.9 Å². The van der Waals surface area contributed by atoms with Crippen molar-refractivity contribution in [3.8, 4) is 0 Å². The van der Waals surface area contributed by atoms with Crippen molar-refractivity contribution in [1.82, 2.24) is 0 Å². The first-order valence-corrected chi connectivity index (χ1v) is 8.76. The van der Waals surface area contributed by atoms with Crippen molar-refractivity contribution in [3.05, 3.63) is 24.3 Å². The molecule has 1 N–H and O–H groups in total. The molecule has 126 valence electrons. The summed E-state index contributed by atoms with van der Waals surface area (Å²) in [4.78, 5) is 0. The molecular weight excluding hydrogens is 272 g/mol. The molecule has 2 aliphatic rings. The second-order valence-electron chi connectivity index (χ2n) is 8.27. The van der Waals surface area contributed by atoms with Crippen LogP contribution in [-0.4, -0.2) is 23.4 Å². The minimum Gasteiger partial charge on any atom is -0.390 e. The number of rotatable bonds is 4. The molecule has 0 amide bonds. The standard InChI is InChI=1S/C20H34O2/c1-7-15(2)9-10-16-18(3)12-8-13-20(5,22-6)17(18)11-14-19(16,4)21/h7,9,16-17,21H,1,8,10-14H2,2-6H3/b15-9+/t16-,17-,18-,19-,20-/m0/s1. The smallest absolute Gasteiger partial charge is 0.0684 e. The van der Waals surface area contributed by atoms with Crippen LogP contribution in [0.15, 0.2) is 24.3 Å². The van der Waals surface area contributed by atoms with Gasteiger partial charge in [0.2, 0.25) is 0 Å². The number of hydrogen-bond donors (Lipinski definition) is 1. The number of hydrogen-bond acceptors (Lipinski definition) is 2. The van der Waals surface area contributed by atoms with Gasteiger partial charge in [-0.05, 0) is 70.1 Å². The van der Waals surface area contributed by atoms with Crippen molar-refractivity contribution < 1.29 is 9.84 Å². The van der Waals surface area contributed by atoms with Crippen LogP contribution in [0.1, 0.15) is 66.2 Å². The van der Waals surface area contributed by atoms with E-state index in [0.717, 1.165) is 25.7 Å². The van der Waals surface area contributed by atoms with Gasteiger partial charge in [0.15, 0.2) is 0 Å². The lowest BCUT2D eigenvalue weighted by Crippen LogP contribution is -2.60. The summed E-state index contributed by atoms with van der Waals surface area (Å²) >= 11 is 0. The predicted octanol–water partition coefficient (Wildman–Crippen LogP) is 4.88. The second-order valence-corrected chi connectivity index (χ2v) is 8.27. The highest BCUT2D eigenvalue weighted by Gasteiger charge is 2.59. The molecule has 0 aromatic carbocycles. The average Bonchev–Trinajstić information content (AvgIpc) is 2.45. The highest BCUT2D eigenvalue weighted by molar-refractivity contribution is 5.16. The van der Waals surface area contributed by atoms with E-state index in [4.69, 9.17) is 4.74 Å². The SMILES string of the molecule is C=C/C(C)=C/C[C@H]1[C@]2(C)CCC[C@](C)(OC)[C@H]2CC[C@]1(C)O. The molecule has 2 rings (SSSR count). The molecule has 2 nitrogen and oxygen atoms in total. The third kappa shape index (κ3) is 2.92. The Kier molecular flexibility index (Phi) is 4.94. The average molecular weight is 306 g/mol. The van der Waals surface area contributed by atoms with Crippen molar-refractivity contribution in [3.63, 3.8) is 0 Å². The van der Waals surface area contributed by atoms with Crippen LogP contribution in [-0.2, 0) is 4.74 Å². The van der Waals surface area contributed by atoms with Crippen LogP contribution in [0.5, 0.6) is 0 Å². The van der Waals surface area contributed by atoms with Crippen molar-refractivity contribution in [2.75, 3.05) is 7.11 Å². The number of allylic oxidation sites excluding steroid dienone is 3. The zero-order valence-electron chi connectivity index (χ0n) is 15.1. The van der Waals surface area contributed by atoms with Gasteiger partial charge in [-0.25, -0.2) is 0 Å². The predicted molar refractivity (Wildman–Crippen MR) is 92.8 cm³/mol. The largest absolute Gasteiger partial charge is 0.390 e. The van der Waals surface area contributed by atoms with E-state index in [0.29, 0.717) is 5.92 Å². The van der Waals surface area contributed by atoms with E-state index < -0.39 is 5.60 Å². The Morgan fingerprint density at radius 3 is 2.55 bits per heavy atom. The first kappa shape index (κ1) is 17.7. The van der Waals surface area contributed by atoms with E-state index in [1.807, 2.05) is 20.1 Å². The number of methoxy groups -OCH3 is 1. The minimum atomic E-state index is -0.588. The lowest BCUT2D eigenvalue weighted by atomic mass is 9.47. The zero-order chi connectivity index (χ0) is 16.6. The van der Waals surface area contributed by atoms with Gasteiger partial charge in [0.05, 0.1) is 11.2 Å². The summed E-state index contributed by atoms with van der Waals surface area (Å²) in [5.74, 6) is 0.810. The van der Waals surface area contributed by atoms with E-state index >= 15 is 0 Å². The van der Waals surface area contributed by atoms with Crippen LogP contribution in [0.25, 0.3) is 0 Å². The third-order valence-corrected chi connectivity index (χ3v) is 6.87. The van der Waals surface area contributed by atoms with Crippen molar-refractivity contribution >= 4 is 0 Å². The zero-order valence-corrected chi connectivity index (χ0v) is 15.1. The maximum atomic E-state index is 11.1. The van der Waals surface area contributed by atoms with Crippen LogP contribution in [0.3, 0.4) is 0 Å². The Hall–Kier alpha value is -0.600. The highest BCUT2D eigenvalue weighted by Crippen LogP contribution is 2.61. The molecular formula is C20H34O2. The summed E-state index contributed by atoms with van der Waals surface area (Å²) in [6, 6.07) is 0. The van der Waals surface area contributed by atoms with Gasteiger partial charge in [-0.1, -0.05) is 37.6 Å². The van der Waals surface area contributed by atoms with Gasteiger partial charge >= 0.3 is 0 Å². The van der Waals surface area contributed by atoms with E-state index in [9.17, 15) is 5.11 Å². The molecule has 0 radical (unpaired) electrons. The fourth-order valence-corrected chi connectivity index (χ4v) is 5.39. The fraction of sp³-hybridized carbons (Fsp3) is 0.800. The van der Waals surface area contributed by atoms with Gasteiger partial charge < -0.3 is 9.84 Å². The Morgan fingerprint density at radius 2 is 1.95 bits per heavy atom. The van der Waals surface area contributed by atoms with Crippen molar-refractivity contribution in [1.29, 1.82) is 0 Å². The molecule has 0 saturated heterocycles. The van der Waals surface area contributed by atoms with Gasteiger partial charge in [0.1, 0.15) is 0 Å². The first-order chi connectivity index (χ1) is 10.2. The maximum absolute atomic E-state index is 11.1. The molecule has 0 aromatic heterocycles. The molecule has 5 atom stereocenters. The monoisotopic (exact) mass is 306 g/mol. The number of ether oxygens (including phenoxy) is 1. The van der Waals surface area contributed by atoms with Crippen LogP contribution in [0, 0.1) is 17.3 Å². The van der Waals surface area contributed by atoms with Gasteiger partial charge in [-0.15, -0.1) is 0 Å². The van der Waals surface area contributed by atoms with Gasteiger partial charge in [-0.3, -0.25) is 0 Å². The molecule has 0 spiro atoms. The molecule has 0 aliphatic heterocycles. The molecule has 0 bridgehead atoms. The lowest BCUT2D eigenvalue weighted by molar-refractivity contribution is -0.202. The number of fused-ring (bicyclic) bond motifs is 1. The van der Waals surface area contributed by atoms with Gasteiger partial charge in [0.25, 0.3) is 0 Å². The van der Waals surface area contributed by atoms with Crippen molar-refractivity contribution in [2.24, 2.45) is 17.3 Å². The van der Waals surface area contributed by atoms with E-state index in [1.54, 1.807) is 0 Å². The highest BCUT2D eigenvalue weighted by atomic mass is 16.5. The summed E-state index contributed by atoms with van der Waals surface area (Å²) in [7, 11) is 1.86. The van der Waals surface area contributed by atoms with Gasteiger partial charge in [0, 0.05) is 7.11 Å². The topological polar surface area (TPSA) is 29.5 Å². The summed E-state index contributed by atoms with van der Waals surface area (Å²) in [6.45, 7) is 12.6. The summed E-state index contributed by atoms with van der Waals surface area (Å²) in [6.07, 6.45) is 10.5. The van der Waals surface area contributed by atoms with Crippen LogP contribution >= 0.6 is 0 Å². The Labute approximate surface area is 136 Å². The van der Waals surface area contributed by atoms with E-state index in [1.165, 1.54) is 18.4 Å². The molecule has 0 unspecified atom stereocenters. The quantitative estimate of drug-likeness (QED) is 0.750. The Morgan fingerprint density at radius 1 is 1.27 bits per heavy atom. The molecule has 2 heteroatoms. The molecule has 0 aromatic rings. The molecule has 0 heterocycles. The molecule has 2 saturated carbocycles. The summed E-state index contributed by atoms with van der Waals surface area (Å²) < 4.78 is 5.96. The van der Waals surface area contributed by atoms with Gasteiger partial charge in [-0.2, -0.15) is 0 Å². The first-order valence-electron chi connectivity index (χ1n) is 8.76. The van der Waals surface area contributed by atoms with Crippen LogP contribution in [0.4, 0.5) is 0 Å². The van der Waals surface area contributed by atoms with E-state index in [2.05, 4.69) is 33.4 Å². The van der Waals surface area contributed by atoms with Crippen molar-refractivity contribution in [2.45, 2.75) is 77.4 Å². The summed E-state index contributed by atoms with van der Waals surface area (Å²) in [5, 5.41) is 11.1. The molecule has 22 heavy (non-hydrogen) atoms. The Balaban J connectivity index is 2.36. The van der Waals surface area contributed by atoms with Crippen LogP contribution in [0.2, 0.25) is 0 Å². The fourth-order valence-electron chi connectivity index (χ4n) is 5.39.